The topological polar surface area (TPSA) is 60.2 Å². The maximum absolute atomic E-state index is 13.1. The Morgan fingerprint density at radius 1 is 1.47 bits per heavy atom. The van der Waals surface area contributed by atoms with Gasteiger partial charge >= 0.3 is 0 Å². The van der Waals surface area contributed by atoms with E-state index in [0.717, 1.165) is 11.3 Å². The van der Waals surface area contributed by atoms with Crippen LogP contribution in [0.2, 0.25) is 0 Å². The van der Waals surface area contributed by atoms with E-state index in [9.17, 15) is 4.39 Å². The van der Waals surface area contributed by atoms with Gasteiger partial charge in [0.05, 0.1) is 13.2 Å². The van der Waals surface area contributed by atoms with Gasteiger partial charge in [0.15, 0.2) is 0 Å². The Kier molecular flexibility index (Phi) is 3.16. The molecule has 0 radical (unpaired) electrons. The van der Waals surface area contributed by atoms with Crippen LogP contribution in [-0.4, -0.2) is 30.0 Å². The summed E-state index contributed by atoms with van der Waals surface area (Å²) in [5.41, 5.74) is 0.809. The lowest BCUT2D eigenvalue weighted by Crippen LogP contribution is -2.14. The predicted molar refractivity (Wildman–Crippen MR) is 66.5 cm³/mol. The fraction of sp³-hybridized carbons (Fsp3) is 0.385. The van der Waals surface area contributed by atoms with Gasteiger partial charge in [0.1, 0.15) is 11.9 Å². The zero-order valence-corrected chi connectivity index (χ0v) is 10.5. The Hall–Kier alpha value is -1.95. The van der Waals surface area contributed by atoms with Crippen molar-refractivity contribution in [2.45, 2.75) is 18.6 Å². The van der Waals surface area contributed by atoms with E-state index in [0.29, 0.717) is 24.7 Å². The number of methoxy groups -OCH3 is 1. The van der Waals surface area contributed by atoms with Crippen LogP contribution in [-0.2, 0) is 0 Å². The first-order chi connectivity index (χ1) is 9.26. The minimum absolute atomic E-state index is 0.193. The number of nitrogens with zero attached hydrogens (tertiary/aromatic N) is 2. The minimum atomic E-state index is -0.850. The van der Waals surface area contributed by atoms with Crippen molar-refractivity contribution in [1.29, 1.82) is 0 Å². The van der Waals surface area contributed by atoms with Crippen molar-refractivity contribution in [2.24, 2.45) is 0 Å². The van der Waals surface area contributed by atoms with E-state index in [1.54, 1.807) is 7.11 Å². The van der Waals surface area contributed by atoms with Crippen molar-refractivity contribution >= 4 is 0 Å². The number of rotatable bonds is 3. The molecule has 0 unspecified atom stereocenters. The quantitative estimate of drug-likeness (QED) is 0.919. The highest BCUT2D eigenvalue weighted by molar-refractivity contribution is 5.56. The number of hydrogen-bond donors (Lipinski definition) is 1. The van der Waals surface area contributed by atoms with E-state index in [1.165, 1.54) is 0 Å². The Labute approximate surface area is 109 Å². The van der Waals surface area contributed by atoms with Crippen LogP contribution >= 0.6 is 0 Å². The molecule has 0 amide bonds. The summed E-state index contributed by atoms with van der Waals surface area (Å²) in [4.78, 5) is 4.31. The SMILES string of the molecule is COc1cccc(-c2noc([C@H]3C[C@H](F)CN3)n2)c1. The molecule has 19 heavy (non-hydrogen) atoms. The molecule has 1 fully saturated rings. The van der Waals surface area contributed by atoms with Gasteiger partial charge in [-0.2, -0.15) is 4.98 Å². The van der Waals surface area contributed by atoms with Gasteiger partial charge < -0.3 is 14.6 Å². The van der Waals surface area contributed by atoms with E-state index < -0.39 is 6.17 Å². The van der Waals surface area contributed by atoms with Gasteiger partial charge in [-0.3, -0.25) is 0 Å². The van der Waals surface area contributed by atoms with Crippen LogP contribution in [0.3, 0.4) is 0 Å². The first kappa shape index (κ1) is 12.1. The second kappa shape index (κ2) is 4.97. The number of hydrogen-bond acceptors (Lipinski definition) is 5. The van der Waals surface area contributed by atoms with Crippen LogP contribution in [0.25, 0.3) is 11.4 Å². The van der Waals surface area contributed by atoms with E-state index in [-0.39, 0.29) is 6.04 Å². The van der Waals surface area contributed by atoms with Gasteiger partial charge in [-0.05, 0) is 12.1 Å². The van der Waals surface area contributed by atoms with E-state index in [4.69, 9.17) is 9.26 Å². The second-order valence-corrected chi connectivity index (χ2v) is 4.48. The van der Waals surface area contributed by atoms with Crippen LogP contribution in [0.4, 0.5) is 4.39 Å². The molecule has 0 spiro atoms. The Morgan fingerprint density at radius 2 is 2.37 bits per heavy atom. The molecule has 6 heteroatoms. The van der Waals surface area contributed by atoms with Crippen LogP contribution in [0.15, 0.2) is 28.8 Å². The summed E-state index contributed by atoms with van der Waals surface area (Å²) in [5, 5.41) is 6.94. The van der Waals surface area contributed by atoms with Gasteiger partial charge in [0.2, 0.25) is 11.7 Å². The fourth-order valence-corrected chi connectivity index (χ4v) is 2.14. The van der Waals surface area contributed by atoms with E-state index in [2.05, 4.69) is 15.5 Å². The van der Waals surface area contributed by atoms with Gasteiger partial charge in [0, 0.05) is 18.5 Å². The normalized spacial score (nSPS) is 22.6. The van der Waals surface area contributed by atoms with Gasteiger partial charge in [-0.1, -0.05) is 17.3 Å². The number of ether oxygens (including phenoxy) is 1. The fourth-order valence-electron chi connectivity index (χ4n) is 2.14. The zero-order chi connectivity index (χ0) is 13.2. The van der Waals surface area contributed by atoms with Crippen molar-refractivity contribution < 1.29 is 13.7 Å². The molecule has 1 aromatic heterocycles. The molecule has 1 aliphatic heterocycles. The number of benzene rings is 1. The number of aromatic nitrogens is 2. The monoisotopic (exact) mass is 263 g/mol. The first-order valence-corrected chi connectivity index (χ1v) is 6.12. The predicted octanol–water partition coefficient (Wildman–Crippen LogP) is 2.12. The molecule has 1 N–H and O–H groups in total. The van der Waals surface area contributed by atoms with Crippen LogP contribution in [0.5, 0.6) is 5.75 Å². The summed E-state index contributed by atoms with van der Waals surface area (Å²) in [6.45, 7) is 0.335. The maximum Gasteiger partial charge on any atom is 0.244 e. The average molecular weight is 263 g/mol. The molecular formula is C13H14FN3O2. The van der Waals surface area contributed by atoms with Crippen LogP contribution in [0.1, 0.15) is 18.4 Å². The molecular weight excluding hydrogens is 249 g/mol. The van der Waals surface area contributed by atoms with Gasteiger partial charge in [0.25, 0.3) is 0 Å². The average Bonchev–Trinajstić information content (AvgIpc) is 3.07. The molecule has 100 valence electrons. The lowest BCUT2D eigenvalue weighted by Gasteiger charge is -2.01. The van der Waals surface area contributed by atoms with Crippen molar-refractivity contribution in [3.8, 4) is 17.1 Å². The van der Waals surface area contributed by atoms with Crippen LogP contribution in [0, 0.1) is 0 Å². The second-order valence-electron chi connectivity index (χ2n) is 4.48. The third-order valence-corrected chi connectivity index (χ3v) is 3.14. The minimum Gasteiger partial charge on any atom is -0.497 e. The summed E-state index contributed by atoms with van der Waals surface area (Å²) >= 11 is 0. The third kappa shape index (κ3) is 2.44. The first-order valence-electron chi connectivity index (χ1n) is 6.12. The standard InChI is InChI=1S/C13H14FN3O2/c1-18-10-4-2-3-8(5-10)12-16-13(19-17-12)11-6-9(14)7-15-11/h2-5,9,11,15H,6-7H2,1H3/t9-,11+/m0/s1. The molecule has 2 heterocycles. The molecule has 0 aliphatic carbocycles. The summed E-state index contributed by atoms with van der Waals surface area (Å²) in [6.07, 6.45) is -0.475. The van der Waals surface area contributed by atoms with Crippen molar-refractivity contribution in [3.05, 3.63) is 30.2 Å². The van der Waals surface area contributed by atoms with Gasteiger partial charge in [-0.25, -0.2) is 4.39 Å². The van der Waals surface area contributed by atoms with E-state index >= 15 is 0 Å². The maximum atomic E-state index is 13.1. The molecule has 1 aromatic carbocycles. The summed E-state index contributed by atoms with van der Waals surface area (Å²) in [7, 11) is 1.60. The summed E-state index contributed by atoms with van der Waals surface area (Å²) < 4.78 is 23.5. The van der Waals surface area contributed by atoms with Crippen molar-refractivity contribution in [1.82, 2.24) is 15.5 Å². The Morgan fingerprint density at radius 3 is 3.11 bits per heavy atom. The molecule has 2 aromatic rings. The summed E-state index contributed by atoms with van der Waals surface area (Å²) in [6, 6.07) is 7.21. The number of alkyl halides is 1. The third-order valence-electron chi connectivity index (χ3n) is 3.14. The lowest BCUT2D eigenvalue weighted by atomic mass is 10.2. The van der Waals surface area contributed by atoms with E-state index in [1.807, 2.05) is 24.3 Å². The van der Waals surface area contributed by atoms with Crippen molar-refractivity contribution in [3.63, 3.8) is 0 Å². The van der Waals surface area contributed by atoms with Crippen molar-refractivity contribution in [2.75, 3.05) is 13.7 Å². The highest BCUT2D eigenvalue weighted by atomic mass is 19.1. The molecule has 0 bridgehead atoms. The lowest BCUT2D eigenvalue weighted by molar-refractivity contribution is 0.324. The summed E-state index contributed by atoms with van der Waals surface area (Å²) in [5.74, 6) is 1.64. The molecule has 1 aliphatic rings. The Bertz CT molecular complexity index is 573. The molecule has 0 saturated carbocycles. The largest absolute Gasteiger partial charge is 0.497 e. The number of halogens is 1. The smallest absolute Gasteiger partial charge is 0.244 e. The highest BCUT2D eigenvalue weighted by Crippen LogP contribution is 2.27. The molecule has 1 saturated heterocycles. The number of nitrogens with one attached hydrogen (secondary N) is 1. The zero-order valence-electron chi connectivity index (χ0n) is 10.5. The molecule has 3 rings (SSSR count). The van der Waals surface area contributed by atoms with Crippen LogP contribution < -0.4 is 10.1 Å². The molecule has 2 atom stereocenters. The van der Waals surface area contributed by atoms with Gasteiger partial charge in [-0.15, -0.1) is 0 Å². The molecule has 5 nitrogen and oxygen atoms in total. The Balaban J connectivity index is 1.84. The highest BCUT2D eigenvalue weighted by Gasteiger charge is 2.29.